The first kappa shape index (κ1) is 17.5. The Morgan fingerprint density at radius 1 is 1.03 bits per heavy atom. The van der Waals surface area contributed by atoms with E-state index < -0.39 is 0 Å². The lowest BCUT2D eigenvalue weighted by Crippen LogP contribution is -2.27. The number of likely N-dealkylation sites (N-methyl/N-ethyl adjacent to an activating group) is 1. The van der Waals surface area contributed by atoms with E-state index in [9.17, 15) is 9.90 Å². The Balaban J connectivity index is 1.81. The molecular weight excluding hydrogens is 366 g/mol. The molecule has 1 N–H and O–H groups in total. The third-order valence-electron chi connectivity index (χ3n) is 5.19. The predicted octanol–water partition coefficient (Wildman–Crippen LogP) is 2.25. The topological polar surface area (TPSA) is 83.1 Å². The first-order valence-electron chi connectivity index (χ1n) is 9.39. The van der Waals surface area contributed by atoms with Gasteiger partial charge in [0.05, 0.1) is 11.0 Å². The maximum atomic E-state index is 13.1. The van der Waals surface area contributed by atoms with Crippen molar-refractivity contribution in [1.29, 1.82) is 0 Å². The largest absolute Gasteiger partial charge is 0.494 e. The third-order valence-corrected chi connectivity index (χ3v) is 5.19. The monoisotopic (exact) mass is 385 g/mol. The number of pyridine rings is 2. The Labute approximate surface area is 166 Å². The van der Waals surface area contributed by atoms with E-state index in [2.05, 4.69) is 15.0 Å². The van der Waals surface area contributed by atoms with Crippen LogP contribution in [0.2, 0.25) is 0 Å². The molecule has 0 amide bonds. The van der Waals surface area contributed by atoms with E-state index in [1.54, 1.807) is 12.3 Å². The number of aromatic nitrogens is 2. The highest BCUT2D eigenvalue weighted by Crippen LogP contribution is 2.33. The molecule has 2 aromatic heterocycles. The molecule has 0 unspecified atom stereocenters. The molecule has 7 nitrogen and oxygen atoms in total. The van der Waals surface area contributed by atoms with Gasteiger partial charge in [0.25, 0.3) is 5.56 Å². The number of nitrogens with zero attached hydrogens (tertiary/aromatic N) is 5. The average Bonchev–Trinajstić information content (AvgIpc) is 3.16. The highest BCUT2D eigenvalue weighted by atomic mass is 16.3. The minimum Gasteiger partial charge on any atom is -0.494 e. The van der Waals surface area contributed by atoms with Crippen LogP contribution in [0.15, 0.2) is 63.4 Å². The number of aromatic hydroxyl groups is 1. The van der Waals surface area contributed by atoms with Gasteiger partial charge in [0.2, 0.25) is 5.88 Å². The first-order valence-corrected chi connectivity index (χ1v) is 9.39. The van der Waals surface area contributed by atoms with E-state index in [0.717, 1.165) is 10.8 Å². The van der Waals surface area contributed by atoms with Gasteiger partial charge in [-0.05, 0) is 38.4 Å². The van der Waals surface area contributed by atoms with Crippen LogP contribution in [0.25, 0.3) is 21.5 Å². The Kier molecular flexibility index (Phi) is 3.92. The van der Waals surface area contributed by atoms with Gasteiger partial charge in [-0.2, -0.15) is 0 Å². The van der Waals surface area contributed by atoms with Crippen molar-refractivity contribution in [1.82, 2.24) is 14.5 Å². The Bertz CT molecular complexity index is 1400. The van der Waals surface area contributed by atoms with Crippen LogP contribution in [0, 0.1) is 0 Å². The fourth-order valence-corrected chi connectivity index (χ4v) is 3.76. The first-order chi connectivity index (χ1) is 14.0. The molecule has 0 saturated heterocycles. The van der Waals surface area contributed by atoms with Gasteiger partial charge in [-0.1, -0.05) is 18.2 Å². The molecule has 144 valence electrons. The Morgan fingerprint density at radius 2 is 1.86 bits per heavy atom. The quantitative estimate of drug-likeness (QED) is 0.584. The van der Waals surface area contributed by atoms with E-state index in [4.69, 9.17) is 0 Å². The molecule has 7 heteroatoms. The molecule has 29 heavy (non-hydrogen) atoms. The number of amidine groups is 1. The second kappa shape index (κ2) is 6.49. The van der Waals surface area contributed by atoms with Crippen LogP contribution in [0.3, 0.4) is 0 Å². The summed E-state index contributed by atoms with van der Waals surface area (Å²) in [6.45, 7) is 1.04. The van der Waals surface area contributed by atoms with Crippen molar-refractivity contribution in [3.8, 4) is 5.88 Å². The minimum absolute atomic E-state index is 0.0372. The average molecular weight is 385 g/mol. The maximum Gasteiger partial charge on any atom is 0.261 e. The standard InChI is InChI=1S/C22H19N5O2/c1-26(2)10-11-27-21(28)14-7-5-6-13-18(14)15(22(27)29)12-17-19(13)25-20(24-17)16-8-3-4-9-23-16/h3-9,12,29H,10-11H2,1-2H3. The fraction of sp³-hybridized carbons (Fsp3) is 0.182. The molecule has 0 fully saturated rings. The molecule has 1 aliphatic rings. The zero-order valence-electron chi connectivity index (χ0n) is 16.1. The molecule has 0 bridgehead atoms. The second-order valence-corrected chi connectivity index (χ2v) is 7.37. The summed E-state index contributed by atoms with van der Waals surface area (Å²) in [5, 5.41) is 14.3. The van der Waals surface area contributed by atoms with Crippen LogP contribution in [-0.2, 0) is 6.54 Å². The summed E-state index contributed by atoms with van der Waals surface area (Å²) in [7, 11) is 3.87. The minimum atomic E-state index is -0.203. The van der Waals surface area contributed by atoms with Gasteiger partial charge >= 0.3 is 0 Å². The number of rotatable bonds is 4. The zero-order chi connectivity index (χ0) is 20.1. The van der Waals surface area contributed by atoms with Crippen molar-refractivity contribution >= 4 is 33.1 Å². The van der Waals surface area contributed by atoms with Crippen molar-refractivity contribution < 1.29 is 5.11 Å². The van der Waals surface area contributed by atoms with E-state index in [0.29, 0.717) is 46.4 Å². The van der Waals surface area contributed by atoms with E-state index >= 15 is 0 Å². The van der Waals surface area contributed by atoms with Gasteiger partial charge < -0.3 is 10.0 Å². The zero-order valence-corrected chi connectivity index (χ0v) is 16.1. The maximum absolute atomic E-state index is 13.1. The van der Waals surface area contributed by atoms with Gasteiger partial charge in [0.1, 0.15) is 5.69 Å². The lowest BCUT2D eigenvalue weighted by molar-refractivity contribution is 0.353. The van der Waals surface area contributed by atoms with Crippen LogP contribution in [0.1, 0.15) is 5.69 Å². The van der Waals surface area contributed by atoms with Gasteiger partial charge in [0, 0.05) is 40.8 Å². The lowest BCUT2D eigenvalue weighted by atomic mass is 10.0. The molecule has 1 aliphatic heterocycles. The SMILES string of the molecule is CN(C)CCn1c(O)c2cc3c(c4cccc(c1=O)c24)=NC(c1ccccn1)=N3. The Morgan fingerprint density at radius 3 is 2.62 bits per heavy atom. The summed E-state index contributed by atoms with van der Waals surface area (Å²) in [6.07, 6.45) is 1.70. The molecule has 0 aliphatic carbocycles. The summed E-state index contributed by atoms with van der Waals surface area (Å²) < 4.78 is 1.43. The van der Waals surface area contributed by atoms with E-state index in [1.807, 2.05) is 55.4 Å². The van der Waals surface area contributed by atoms with Crippen LogP contribution >= 0.6 is 0 Å². The fourth-order valence-electron chi connectivity index (χ4n) is 3.76. The summed E-state index contributed by atoms with van der Waals surface area (Å²) >= 11 is 0. The molecule has 0 atom stereocenters. The molecule has 3 heterocycles. The second-order valence-electron chi connectivity index (χ2n) is 7.37. The molecule has 2 aromatic carbocycles. The molecular formula is C22H19N5O2. The highest BCUT2D eigenvalue weighted by Gasteiger charge is 2.21. The van der Waals surface area contributed by atoms with Crippen molar-refractivity contribution in [2.45, 2.75) is 6.54 Å². The number of benzene rings is 2. The predicted molar refractivity (Wildman–Crippen MR) is 113 cm³/mol. The smallest absolute Gasteiger partial charge is 0.261 e. The van der Waals surface area contributed by atoms with Crippen LogP contribution in [-0.4, -0.2) is 46.0 Å². The van der Waals surface area contributed by atoms with Crippen molar-refractivity contribution in [3.05, 3.63) is 70.1 Å². The summed E-state index contributed by atoms with van der Waals surface area (Å²) in [4.78, 5) is 28.7. The lowest BCUT2D eigenvalue weighted by Gasteiger charge is -2.16. The Hall–Kier alpha value is -3.58. The highest BCUT2D eigenvalue weighted by molar-refractivity contribution is 6.14. The van der Waals surface area contributed by atoms with Crippen LogP contribution in [0.5, 0.6) is 5.88 Å². The van der Waals surface area contributed by atoms with Crippen molar-refractivity contribution in [3.63, 3.8) is 0 Å². The molecule has 0 spiro atoms. The van der Waals surface area contributed by atoms with Gasteiger partial charge in [-0.15, -0.1) is 0 Å². The van der Waals surface area contributed by atoms with E-state index in [-0.39, 0.29) is 11.4 Å². The van der Waals surface area contributed by atoms with Crippen molar-refractivity contribution in [2.75, 3.05) is 20.6 Å². The normalized spacial score (nSPS) is 13.1. The van der Waals surface area contributed by atoms with Gasteiger partial charge in [-0.3, -0.25) is 14.3 Å². The number of hydrogen-bond donors (Lipinski definition) is 1. The molecule has 0 saturated carbocycles. The van der Waals surface area contributed by atoms with Gasteiger partial charge in [-0.25, -0.2) is 9.98 Å². The van der Waals surface area contributed by atoms with Crippen LogP contribution in [0.4, 0.5) is 5.69 Å². The van der Waals surface area contributed by atoms with Gasteiger partial charge in [0.15, 0.2) is 5.84 Å². The number of fused-ring (bicyclic) bond motifs is 2. The molecule has 4 aromatic rings. The third kappa shape index (κ3) is 2.70. The number of hydrogen-bond acceptors (Lipinski definition) is 6. The van der Waals surface area contributed by atoms with Crippen molar-refractivity contribution in [2.24, 2.45) is 9.98 Å². The van der Waals surface area contributed by atoms with E-state index in [1.165, 1.54) is 4.57 Å². The summed E-state index contributed by atoms with van der Waals surface area (Å²) in [6, 6.07) is 13.0. The molecule has 0 radical (unpaired) electrons. The molecule has 5 rings (SSSR count). The van der Waals surface area contributed by atoms with Crippen LogP contribution < -0.4 is 10.9 Å². The number of aliphatic imine (C=N–C) groups is 1. The summed E-state index contributed by atoms with van der Waals surface area (Å²) in [5.74, 6) is 0.490. The summed E-state index contributed by atoms with van der Waals surface area (Å²) in [5.41, 5.74) is 1.14.